The third-order valence-corrected chi connectivity index (χ3v) is 1.90. The Kier molecular flexibility index (Phi) is 5.91. The number of carbonyl (C=O) groups is 1. The molecule has 0 bridgehead atoms. The fraction of sp³-hybridized carbons (Fsp3) is 0.900. The minimum absolute atomic E-state index is 0.0648. The third-order valence-electron chi connectivity index (χ3n) is 1.90. The van der Waals surface area contributed by atoms with Gasteiger partial charge < -0.3 is 11.1 Å². The Bertz CT molecular complexity index is 155. The third kappa shape index (κ3) is 5.01. The van der Waals surface area contributed by atoms with E-state index in [2.05, 4.69) is 5.32 Å². The number of nitrogens with two attached hydrogens (primary N) is 1. The number of hydrogen-bond acceptors (Lipinski definition) is 3. The van der Waals surface area contributed by atoms with E-state index in [0.29, 0.717) is 12.6 Å². The monoisotopic (exact) mass is 186 g/mol. The van der Waals surface area contributed by atoms with Crippen LogP contribution in [0.1, 0.15) is 34.1 Å². The molecule has 0 unspecified atom stereocenters. The first-order valence-electron chi connectivity index (χ1n) is 4.98. The molecule has 1 atom stereocenters. The highest BCUT2D eigenvalue weighted by atomic mass is 16.1. The highest BCUT2D eigenvalue weighted by molar-refractivity contribution is 5.85. The van der Waals surface area contributed by atoms with Gasteiger partial charge in [0.25, 0.3) is 0 Å². The van der Waals surface area contributed by atoms with Gasteiger partial charge in [-0.1, -0.05) is 27.7 Å². The van der Waals surface area contributed by atoms with Gasteiger partial charge in [0.05, 0.1) is 6.04 Å². The van der Waals surface area contributed by atoms with Gasteiger partial charge in [-0.05, 0) is 13.0 Å². The van der Waals surface area contributed by atoms with Crippen LogP contribution in [0.5, 0.6) is 0 Å². The molecular formula is C10H22N2O. The Morgan fingerprint density at radius 1 is 1.31 bits per heavy atom. The van der Waals surface area contributed by atoms with Crippen molar-refractivity contribution in [3.63, 3.8) is 0 Å². The lowest BCUT2D eigenvalue weighted by Crippen LogP contribution is -2.43. The van der Waals surface area contributed by atoms with Crippen LogP contribution in [0.25, 0.3) is 0 Å². The largest absolute Gasteiger partial charge is 0.330 e. The van der Waals surface area contributed by atoms with Gasteiger partial charge in [0.2, 0.25) is 0 Å². The summed E-state index contributed by atoms with van der Waals surface area (Å²) in [5, 5.41) is 3.23. The molecule has 0 amide bonds. The van der Waals surface area contributed by atoms with Crippen LogP contribution in [0.4, 0.5) is 0 Å². The number of ketones is 1. The summed E-state index contributed by atoms with van der Waals surface area (Å²) < 4.78 is 0. The predicted octanol–water partition coefficient (Wildman–Crippen LogP) is 0.927. The Morgan fingerprint density at radius 3 is 2.15 bits per heavy atom. The molecule has 3 nitrogen and oxygen atoms in total. The zero-order chi connectivity index (χ0) is 10.4. The van der Waals surface area contributed by atoms with Gasteiger partial charge in [0.1, 0.15) is 0 Å². The molecule has 0 aliphatic heterocycles. The first-order chi connectivity index (χ1) is 5.99. The molecule has 0 radical (unpaired) electrons. The molecule has 0 rings (SSSR count). The summed E-state index contributed by atoms with van der Waals surface area (Å²) in [7, 11) is 0. The van der Waals surface area contributed by atoms with Crippen molar-refractivity contribution in [1.82, 2.24) is 5.32 Å². The second-order valence-electron chi connectivity index (χ2n) is 4.01. The Labute approximate surface area is 81.1 Å². The maximum atomic E-state index is 11.7. The van der Waals surface area contributed by atoms with E-state index < -0.39 is 0 Å². The minimum atomic E-state index is -0.0648. The van der Waals surface area contributed by atoms with Gasteiger partial charge in [-0.3, -0.25) is 4.79 Å². The van der Waals surface area contributed by atoms with Crippen LogP contribution >= 0.6 is 0 Å². The first-order valence-corrected chi connectivity index (χ1v) is 4.98. The highest BCUT2D eigenvalue weighted by Crippen LogP contribution is 2.03. The SMILES string of the molecule is CC(C)N[C@@H](CCN)C(=O)C(C)C. The molecule has 0 aromatic heterocycles. The highest BCUT2D eigenvalue weighted by Gasteiger charge is 2.20. The van der Waals surface area contributed by atoms with Crippen LogP contribution in [0.2, 0.25) is 0 Å². The summed E-state index contributed by atoms with van der Waals surface area (Å²) in [5.41, 5.74) is 5.45. The van der Waals surface area contributed by atoms with Crippen molar-refractivity contribution in [3.8, 4) is 0 Å². The van der Waals surface area contributed by atoms with Gasteiger partial charge >= 0.3 is 0 Å². The lowest BCUT2D eigenvalue weighted by Gasteiger charge is -2.21. The maximum Gasteiger partial charge on any atom is 0.152 e. The van der Waals surface area contributed by atoms with Gasteiger partial charge in [0, 0.05) is 12.0 Å². The molecule has 0 saturated carbocycles. The topological polar surface area (TPSA) is 55.1 Å². The zero-order valence-corrected chi connectivity index (χ0v) is 9.13. The van der Waals surface area contributed by atoms with Gasteiger partial charge in [-0.2, -0.15) is 0 Å². The molecule has 0 heterocycles. The van der Waals surface area contributed by atoms with E-state index in [0.717, 1.165) is 6.42 Å². The number of rotatable bonds is 6. The molecule has 0 aromatic carbocycles. The van der Waals surface area contributed by atoms with Gasteiger partial charge in [0.15, 0.2) is 5.78 Å². The number of nitrogens with one attached hydrogen (secondary N) is 1. The van der Waals surface area contributed by atoms with Crippen LogP contribution in [0.15, 0.2) is 0 Å². The van der Waals surface area contributed by atoms with Crippen molar-refractivity contribution in [1.29, 1.82) is 0 Å². The summed E-state index contributed by atoms with van der Waals surface area (Å²) in [6.07, 6.45) is 0.731. The van der Waals surface area contributed by atoms with Crippen molar-refractivity contribution in [3.05, 3.63) is 0 Å². The van der Waals surface area contributed by atoms with E-state index in [1.54, 1.807) is 0 Å². The van der Waals surface area contributed by atoms with Gasteiger partial charge in [-0.15, -0.1) is 0 Å². The molecule has 78 valence electrons. The van der Waals surface area contributed by atoms with E-state index in [1.807, 2.05) is 27.7 Å². The van der Waals surface area contributed by atoms with Crippen LogP contribution in [0.3, 0.4) is 0 Å². The lowest BCUT2D eigenvalue weighted by molar-refractivity contribution is -0.124. The van der Waals surface area contributed by atoms with Crippen LogP contribution in [-0.4, -0.2) is 24.4 Å². The molecule has 0 saturated heterocycles. The van der Waals surface area contributed by atoms with Crippen molar-refractivity contribution in [2.45, 2.75) is 46.2 Å². The molecule has 0 aliphatic rings. The average molecular weight is 186 g/mol. The number of carbonyl (C=O) groups excluding carboxylic acids is 1. The molecular weight excluding hydrogens is 164 g/mol. The Hall–Kier alpha value is -0.410. The Morgan fingerprint density at radius 2 is 1.85 bits per heavy atom. The Balaban J connectivity index is 4.15. The molecule has 0 fully saturated rings. The van der Waals surface area contributed by atoms with E-state index >= 15 is 0 Å². The van der Waals surface area contributed by atoms with E-state index in [4.69, 9.17) is 5.73 Å². The van der Waals surface area contributed by atoms with Crippen molar-refractivity contribution >= 4 is 5.78 Å². The van der Waals surface area contributed by atoms with Crippen LogP contribution in [-0.2, 0) is 4.79 Å². The summed E-state index contributed by atoms with van der Waals surface area (Å²) >= 11 is 0. The van der Waals surface area contributed by atoms with Crippen LogP contribution in [0, 0.1) is 5.92 Å². The molecule has 3 N–H and O–H groups in total. The van der Waals surface area contributed by atoms with Crippen molar-refractivity contribution in [2.75, 3.05) is 6.54 Å². The fourth-order valence-electron chi connectivity index (χ4n) is 1.28. The quantitative estimate of drug-likeness (QED) is 0.648. The lowest BCUT2D eigenvalue weighted by atomic mass is 9.99. The van der Waals surface area contributed by atoms with E-state index in [1.165, 1.54) is 0 Å². The summed E-state index contributed by atoms with van der Waals surface area (Å²) in [6.45, 7) is 8.48. The minimum Gasteiger partial charge on any atom is -0.330 e. The molecule has 0 aliphatic carbocycles. The van der Waals surface area contributed by atoms with Crippen LogP contribution < -0.4 is 11.1 Å². The second kappa shape index (κ2) is 6.11. The number of hydrogen-bond donors (Lipinski definition) is 2. The van der Waals surface area contributed by atoms with Gasteiger partial charge in [-0.25, -0.2) is 0 Å². The second-order valence-corrected chi connectivity index (χ2v) is 4.01. The molecule has 3 heteroatoms. The average Bonchev–Trinajstić information content (AvgIpc) is 2.01. The zero-order valence-electron chi connectivity index (χ0n) is 9.13. The smallest absolute Gasteiger partial charge is 0.152 e. The standard InChI is InChI=1S/C10H22N2O/c1-7(2)10(13)9(5-6-11)12-8(3)4/h7-9,12H,5-6,11H2,1-4H3/t9-/m0/s1. The molecule has 0 aromatic rings. The predicted molar refractivity (Wildman–Crippen MR) is 55.6 cm³/mol. The normalized spacial score (nSPS) is 13.8. The van der Waals surface area contributed by atoms with Crippen molar-refractivity contribution in [2.24, 2.45) is 11.7 Å². The molecule has 0 spiro atoms. The summed E-state index contributed by atoms with van der Waals surface area (Å²) in [5.74, 6) is 0.349. The van der Waals surface area contributed by atoms with Crippen molar-refractivity contribution < 1.29 is 4.79 Å². The summed E-state index contributed by atoms with van der Waals surface area (Å²) in [4.78, 5) is 11.7. The maximum absolute atomic E-state index is 11.7. The first kappa shape index (κ1) is 12.6. The van der Waals surface area contributed by atoms with E-state index in [9.17, 15) is 4.79 Å². The van der Waals surface area contributed by atoms with E-state index in [-0.39, 0.29) is 17.7 Å². The summed E-state index contributed by atoms with van der Waals surface area (Å²) in [6, 6.07) is 0.268. The molecule has 13 heavy (non-hydrogen) atoms. The number of Topliss-reactive ketones (excluding diaryl/α,β-unsaturated/α-hetero) is 1. The fourth-order valence-corrected chi connectivity index (χ4v) is 1.28.